The third-order valence-corrected chi connectivity index (χ3v) is 3.24. The second kappa shape index (κ2) is 6.43. The maximum absolute atomic E-state index is 11.1. The molecule has 0 aliphatic carbocycles. The zero-order chi connectivity index (χ0) is 14.5. The van der Waals surface area contributed by atoms with Crippen LogP contribution in [0.1, 0.15) is 21.7 Å². The lowest BCUT2D eigenvalue weighted by Crippen LogP contribution is -2.23. The molecule has 0 radical (unpaired) electrons. The number of carbonyl (C=O) groups excluding carboxylic acids is 1. The first-order valence-electron chi connectivity index (χ1n) is 6.21. The van der Waals surface area contributed by atoms with Gasteiger partial charge in [0.25, 0.3) is 0 Å². The number of rotatable bonds is 5. The van der Waals surface area contributed by atoms with Crippen LogP contribution in [0, 0.1) is 6.92 Å². The lowest BCUT2D eigenvalue weighted by molar-refractivity contribution is 0.112. The average molecular weight is 291 g/mol. The van der Waals surface area contributed by atoms with E-state index in [0.717, 1.165) is 13.0 Å². The second-order valence-electron chi connectivity index (χ2n) is 4.44. The molecule has 0 amide bonds. The van der Waals surface area contributed by atoms with E-state index in [-0.39, 0.29) is 5.15 Å². The molecule has 0 saturated carbocycles. The van der Waals surface area contributed by atoms with Crippen LogP contribution in [-0.2, 0) is 6.42 Å². The number of pyridine rings is 1. The molecule has 0 unspecified atom stereocenters. The highest BCUT2D eigenvalue weighted by molar-refractivity contribution is 6.32. The molecule has 0 aliphatic heterocycles. The summed E-state index contributed by atoms with van der Waals surface area (Å²) >= 11 is 5.98. The zero-order valence-electron chi connectivity index (χ0n) is 11.4. The van der Waals surface area contributed by atoms with Gasteiger partial charge in [0, 0.05) is 26.0 Å². The van der Waals surface area contributed by atoms with Gasteiger partial charge < -0.3 is 4.90 Å². The number of likely N-dealkylation sites (N-methyl/N-ethyl adjacent to an activating group) is 1. The minimum absolute atomic E-state index is 0.193. The molecule has 0 aliphatic rings. The van der Waals surface area contributed by atoms with Crippen molar-refractivity contribution in [1.82, 2.24) is 15.0 Å². The Morgan fingerprint density at radius 3 is 2.65 bits per heavy atom. The first kappa shape index (κ1) is 14.4. The van der Waals surface area contributed by atoms with Crippen molar-refractivity contribution in [1.29, 1.82) is 0 Å². The first-order valence-corrected chi connectivity index (χ1v) is 6.59. The Kier molecular flexibility index (Phi) is 4.63. The fourth-order valence-electron chi connectivity index (χ4n) is 1.88. The van der Waals surface area contributed by atoms with Crippen LogP contribution in [-0.4, -0.2) is 34.8 Å². The van der Waals surface area contributed by atoms with Crippen molar-refractivity contribution in [3.8, 4) is 0 Å². The van der Waals surface area contributed by atoms with Crippen molar-refractivity contribution in [3.63, 3.8) is 0 Å². The monoisotopic (exact) mass is 290 g/mol. The van der Waals surface area contributed by atoms with Gasteiger partial charge in [0.2, 0.25) is 0 Å². The molecular weight excluding hydrogens is 276 g/mol. The van der Waals surface area contributed by atoms with Gasteiger partial charge >= 0.3 is 0 Å². The maximum Gasteiger partial charge on any atom is 0.156 e. The summed E-state index contributed by atoms with van der Waals surface area (Å²) in [5.41, 5.74) is 1.51. The number of halogens is 1. The van der Waals surface area contributed by atoms with E-state index in [4.69, 9.17) is 11.6 Å². The average Bonchev–Trinajstić information content (AvgIpc) is 2.45. The Bertz CT molecular complexity index is 604. The van der Waals surface area contributed by atoms with Crippen molar-refractivity contribution in [2.75, 3.05) is 18.5 Å². The highest BCUT2D eigenvalue weighted by atomic mass is 35.5. The number of nitrogens with zero attached hydrogens (tertiary/aromatic N) is 4. The van der Waals surface area contributed by atoms with E-state index < -0.39 is 0 Å². The summed E-state index contributed by atoms with van der Waals surface area (Å²) < 4.78 is 0. The summed E-state index contributed by atoms with van der Waals surface area (Å²) in [6.45, 7) is 2.47. The molecule has 2 aromatic heterocycles. The summed E-state index contributed by atoms with van der Waals surface area (Å²) in [5.74, 6) is 1.11. The molecular formula is C14H15ClN4O. The highest BCUT2D eigenvalue weighted by Crippen LogP contribution is 2.22. The SMILES string of the molecule is Cc1nc(Cl)c(C=O)c(N(C)CCc2ccncc2)n1. The molecule has 5 nitrogen and oxygen atoms in total. The topological polar surface area (TPSA) is 59.0 Å². The van der Waals surface area contributed by atoms with E-state index >= 15 is 0 Å². The number of carbonyl (C=O) groups is 1. The third kappa shape index (κ3) is 3.30. The van der Waals surface area contributed by atoms with Crippen molar-refractivity contribution in [2.45, 2.75) is 13.3 Å². The van der Waals surface area contributed by atoms with E-state index in [9.17, 15) is 4.79 Å². The number of hydrogen-bond acceptors (Lipinski definition) is 5. The van der Waals surface area contributed by atoms with Crippen molar-refractivity contribution < 1.29 is 4.79 Å². The van der Waals surface area contributed by atoms with Gasteiger partial charge in [-0.05, 0) is 31.0 Å². The van der Waals surface area contributed by atoms with E-state index in [1.165, 1.54) is 5.56 Å². The predicted octanol–water partition coefficient (Wildman–Crippen LogP) is 2.32. The quantitative estimate of drug-likeness (QED) is 0.625. The summed E-state index contributed by atoms with van der Waals surface area (Å²) in [7, 11) is 1.88. The van der Waals surface area contributed by atoms with Gasteiger partial charge in [-0.2, -0.15) is 0 Å². The third-order valence-electron chi connectivity index (χ3n) is 2.96. The Labute approximate surface area is 122 Å². The normalized spacial score (nSPS) is 10.3. The molecule has 20 heavy (non-hydrogen) atoms. The Morgan fingerprint density at radius 2 is 2.00 bits per heavy atom. The minimum Gasteiger partial charge on any atom is -0.359 e. The molecule has 0 spiro atoms. The van der Waals surface area contributed by atoms with Crippen LogP contribution < -0.4 is 4.90 Å². The minimum atomic E-state index is 0.193. The number of hydrogen-bond donors (Lipinski definition) is 0. The van der Waals surface area contributed by atoms with Crippen LogP contribution in [0.25, 0.3) is 0 Å². The molecule has 0 aromatic carbocycles. The molecule has 0 bridgehead atoms. The molecule has 2 aromatic rings. The Balaban J connectivity index is 2.17. The Morgan fingerprint density at radius 1 is 1.30 bits per heavy atom. The molecule has 0 N–H and O–H groups in total. The number of aromatic nitrogens is 3. The second-order valence-corrected chi connectivity index (χ2v) is 4.80. The van der Waals surface area contributed by atoms with Crippen molar-refractivity contribution in [3.05, 3.63) is 46.6 Å². The van der Waals surface area contributed by atoms with Crippen LogP contribution in [0.5, 0.6) is 0 Å². The van der Waals surface area contributed by atoms with E-state index in [0.29, 0.717) is 23.5 Å². The van der Waals surface area contributed by atoms with Crippen molar-refractivity contribution >= 4 is 23.7 Å². The van der Waals surface area contributed by atoms with Crippen LogP contribution in [0.4, 0.5) is 5.82 Å². The molecule has 0 atom stereocenters. The fraction of sp³-hybridized carbons (Fsp3) is 0.286. The molecule has 2 heterocycles. The van der Waals surface area contributed by atoms with Crippen LogP contribution in [0.15, 0.2) is 24.5 Å². The summed E-state index contributed by atoms with van der Waals surface area (Å²) in [6.07, 6.45) is 5.05. The highest BCUT2D eigenvalue weighted by Gasteiger charge is 2.14. The Hall–Kier alpha value is -2.01. The molecule has 0 saturated heterocycles. The van der Waals surface area contributed by atoms with E-state index in [1.807, 2.05) is 24.1 Å². The van der Waals surface area contributed by atoms with Crippen molar-refractivity contribution in [2.24, 2.45) is 0 Å². The molecule has 0 fully saturated rings. The number of aryl methyl sites for hydroxylation is 1. The van der Waals surface area contributed by atoms with Gasteiger partial charge in [-0.15, -0.1) is 0 Å². The molecule has 6 heteroatoms. The predicted molar refractivity (Wildman–Crippen MR) is 78.4 cm³/mol. The van der Waals surface area contributed by atoms with E-state index in [1.54, 1.807) is 19.3 Å². The standard InChI is InChI=1S/C14H15ClN4O/c1-10-17-13(15)12(9-20)14(18-10)19(2)8-5-11-3-6-16-7-4-11/h3-4,6-7,9H,5,8H2,1-2H3. The van der Waals surface area contributed by atoms with Gasteiger partial charge in [-0.1, -0.05) is 11.6 Å². The maximum atomic E-state index is 11.1. The van der Waals surface area contributed by atoms with Gasteiger partial charge in [-0.25, -0.2) is 9.97 Å². The smallest absolute Gasteiger partial charge is 0.156 e. The first-order chi connectivity index (χ1) is 9.61. The zero-order valence-corrected chi connectivity index (χ0v) is 12.1. The summed E-state index contributed by atoms with van der Waals surface area (Å²) in [6, 6.07) is 3.93. The van der Waals surface area contributed by atoms with Gasteiger partial charge in [0.1, 0.15) is 16.8 Å². The fourth-order valence-corrected chi connectivity index (χ4v) is 2.13. The van der Waals surface area contributed by atoms with Crippen LogP contribution >= 0.6 is 11.6 Å². The summed E-state index contributed by atoms with van der Waals surface area (Å²) in [5, 5.41) is 0.193. The molecule has 104 valence electrons. The largest absolute Gasteiger partial charge is 0.359 e. The lowest BCUT2D eigenvalue weighted by atomic mass is 10.2. The lowest BCUT2D eigenvalue weighted by Gasteiger charge is -2.20. The number of anilines is 1. The molecule has 2 rings (SSSR count). The van der Waals surface area contributed by atoms with Gasteiger partial charge in [0.05, 0.1) is 5.56 Å². The van der Waals surface area contributed by atoms with Crippen LogP contribution in [0.2, 0.25) is 5.15 Å². The van der Waals surface area contributed by atoms with Gasteiger partial charge in [-0.3, -0.25) is 9.78 Å². The number of aldehydes is 1. The van der Waals surface area contributed by atoms with Crippen LogP contribution in [0.3, 0.4) is 0 Å². The van der Waals surface area contributed by atoms with Gasteiger partial charge in [0.15, 0.2) is 6.29 Å². The van der Waals surface area contributed by atoms with E-state index in [2.05, 4.69) is 15.0 Å². The summed E-state index contributed by atoms with van der Waals surface area (Å²) in [4.78, 5) is 25.3.